The summed E-state index contributed by atoms with van der Waals surface area (Å²) in [5, 5.41) is 17.0. The lowest BCUT2D eigenvalue weighted by atomic mass is 10.3. The predicted octanol–water partition coefficient (Wildman–Crippen LogP) is 0.839. The largest absolute Gasteiger partial charge is 0.390 e. The molecule has 0 spiro atoms. The monoisotopic (exact) mass is 172 g/mol. The first-order chi connectivity index (χ1) is 6.36. The Hall–Kier alpha value is -1.84. The Bertz CT molecular complexity index is 382. The molecule has 0 aliphatic rings. The molecule has 3 heteroatoms. The highest BCUT2D eigenvalue weighted by molar-refractivity contribution is 5.29. The molecule has 0 saturated carbocycles. The van der Waals surface area contributed by atoms with Crippen LogP contribution in [0.25, 0.3) is 0 Å². The van der Waals surface area contributed by atoms with Crippen LogP contribution in [0.1, 0.15) is 17.8 Å². The number of aliphatic hydroxyl groups excluding tert-OH is 1. The van der Waals surface area contributed by atoms with E-state index >= 15 is 0 Å². The molecule has 13 heavy (non-hydrogen) atoms. The van der Waals surface area contributed by atoms with Crippen molar-refractivity contribution < 1.29 is 5.11 Å². The lowest BCUT2D eigenvalue weighted by Crippen LogP contribution is -1.90. The van der Waals surface area contributed by atoms with Gasteiger partial charge in [-0.3, -0.25) is 0 Å². The maximum Gasteiger partial charge on any atom is 0.113 e. The zero-order valence-electron chi connectivity index (χ0n) is 6.99. The number of pyridine rings is 1. The van der Waals surface area contributed by atoms with Gasteiger partial charge in [0, 0.05) is 0 Å². The van der Waals surface area contributed by atoms with Crippen molar-refractivity contribution in [1.82, 2.24) is 4.98 Å². The van der Waals surface area contributed by atoms with Crippen LogP contribution < -0.4 is 0 Å². The quantitative estimate of drug-likeness (QED) is 0.638. The number of aromatic nitrogens is 1. The second kappa shape index (κ2) is 4.92. The van der Waals surface area contributed by atoms with Crippen LogP contribution >= 0.6 is 0 Å². The number of hydrogen-bond acceptors (Lipinski definition) is 3. The Morgan fingerprint density at radius 1 is 1.46 bits per heavy atom. The van der Waals surface area contributed by atoms with Crippen molar-refractivity contribution >= 4 is 0 Å². The maximum atomic E-state index is 8.77. The minimum absolute atomic E-state index is 0.0895. The van der Waals surface area contributed by atoms with Crippen LogP contribution in [-0.2, 0) is 6.61 Å². The topological polar surface area (TPSA) is 56.9 Å². The Labute approximate surface area is 76.7 Å². The van der Waals surface area contributed by atoms with Crippen LogP contribution in [0.2, 0.25) is 0 Å². The zero-order valence-corrected chi connectivity index (χ0v) is 6.99. The van der Waals surface area contributed by atoms with E-state index in [0.29, 0.717) is 11.4 Å². The van der Waals surface area contributed by atoms with Gasteiger partial charge in [0.1, 0.15) is 5.69 Å². The highest BCUT2D eigenvalue weighted by Crippen LogP contribution is 1.97. The molecule has 0 aliphatic heterocycles. The summed E-state index contributed by atoms with van der Waals surface area (Å²) < 4.78 is 0. The van der Waals surface area contributed by atoms with Gasteiger partial charge >= 0.3 is 0 Å². The minimum Gasteiger partial charge on any atom is -0.390 e. The van der Waals surface area contributed by atoms with Gasteiger partial charge in [-0.15, -0.1) is 0 Å². The molecule has 0 bridgehead atoms. The average molecular weight is 172 g/mol. The molecule has 0 aliphatic carbocycles. The first kappa shape index (κ1) is 9.25. The van der Waals surface area contributed by atoms with Crippen LogP contribution in [-0.4, -0.2) is 10.1 Å². The van der Waals surface area contributed by atoms with E-state index in [9.17, 15) is 0 Å². The van der Waals surface area contributed by atoms with E-state index in [-0.39, 0.29) is 13.0 Å². The van der Waals surface area contributed by atoms with Crippen molar-refractivity contribution in [2.45, 2.75) is 13.0 Å². The van der Waals surface area contributed by atoms with Gasteiger partial charge in [0.2, 0.25) is 0 Å². The summed E-state index contributed by atoms with van der Waals surface area (Å²) in [6, 6.07) is 7.15. The van der Waals surface area contributed by atoms with E-state index in [1.165, 1.54) is 0 Å². The van der Waals surface area contributed by atoms with Crippen LogP contribution in [0, 0.1) is 23.2 Å². The highest BCUT2D eigenvalue weighted by Gasteiger charge is 1.91. The molecule has 1 N–H and O–H groups in total. The molecule has 0 saturated heterocycles. The molecule has 1 heterocycles. The molecule has 64 valence electrons. The lowest BCUT2D eigenvalue weighted by molar-refractivity contribution is 0.277. The molecule has 1 rings (SSSR count). The van der Waals surface area contributed by atoms with Gasteiger partial charge in [-0.1, -0.05) is 12.0 Å². The number of hydrogen-bond donors (Lipinski definition) is 1. The van der Waals surface area contributed by atoms with Crippen molar-refractivity contribution in [2.24, 2.45) is 0 Å². The van der Waals surface area contributed by atoms with Crippen molar-refractivity contribution in [3.05, 3.63) is 29.6 Å². The fourth-order valence-corrected chi connectivity index (χ4v) is 0.812. The molecular formula is C10H8N2O. The summed E-state index contributed by atoms with van der Waals surface area (Å²) in [4.78, 5) is 4.03. The third-order valence-electron chi connectivity index (χ3n) is 1.35. The molecule has 0 atom stereocenters. The van der Waals surface area contributed by atoms with E-state index in [1.807, 2.05) is 6.07 Å². The fourth-order valence-electron chi connectivity index (χ4n) is 0.812. The van der Waals surface area contributed by atoms with Gasteiger partial charge in [-0.2, -0.15) is 5.26 Å². The number of rotatable bonds is 1. The molecule has 0 amide bonds. The summed E-state index contributed by atoms with van der Waals surface area (Å²) in [6.45, 7) is -0.0895. The molecule has 0 radical (unpaired) electrons. The molecular weight excluding hydrogens is 164 g/mol. The Morgan fingerprint density at radius 3 is 3.00 bits per heavy atom. The van der Waals surface area contributed by atoms with Gasteiger partial charge in [-0.05, 0) is 18.1 Å². The molecule has 3 nitrogen and oxygen atoms in total. The van der Waals surface area contributed by atoms with Gasteiger partial charge in [-0.25, -0.2) is 4.98 Å². The molecule has 0 unspecified atom stereocenters. The van der Waals surface area contributed by atoms with Gasteiger partial charge in [0.25, 0.3) is 0 Å². The van der Waals surface area contributed by atoms with Gasteiger partial charge < -0.3 is 5.11 Å². The zero-order chi connectivity index (χ0) is 9.52. The van der Waals surface area contributed by atoms with E-state index in [2.05, 4.69) is 16.8 Å². The standard InChI is InChI=1S/C10H8N2O/c11-7-2-1-4-9-5-3-6-10(8-13)12-9/h3,5-6,13H,2,8H2. The minimum atomic E-state index is -0.0895. The number of nitrogens with zero attached hydrogens (tertiary/aromatic N) is 2. The smallest absolute Gasteiger partial charge is 0.113 e. The molecule has 0 fully saturated rings. The first-order valence-electron chi connectivity index (χ1n) is 3.79. The summed E-state index contributed by atoms with van der Waals surface area (Å²) in [5.41, 5.74) is 1.17. The summed E-state index contributed by atoms with van der Waals surface area (Å²) in [5.74, 6) is 5.37. The molecule has 1 aromatic rings. The van der Waals surface area contributed by atoms with Crippen LogP contribution in [0.3, 0.4) is 0 Å². The lowest BCUT2D eigenvalue weighted by Gasteiger charge is -1.93. The second-order valence-corrected chi connectivity index (χ2v) is 2.31. The fraction of sp³-hybridized carbons (Fsp3) is 0.200. The molecule has 0 aromatic carbocycles. The Morgan fingerprint density at radius 2 is 2.31 bits per heavy atom. The van der Waals surface area contributed by atoms with Gasteiger partial charge in [0.05, 0.1) is 24.8 Å². The van der Waals surface area contributed by atoms with Crippen LogP contribution in [0.5, 0.6) is 0 Å². The normalized spacial score (nSPS) is 8.31. The number of aliphatic hydroxyl groups is 1. The Kier molecular flexibility index (Phi) is 3.50. The number of nitriles is 1. The summed E-state index contributed by atoms with van der Waals surface area (Å²) in [7, 11) is 0. The summed E-state index contributed by atoms with van der Waals surface area (Å²) in [6.07, 6.45) is 0.199. The van der Waals surface area contributed by atoms with E-state index in [0.717, 1.165) is 0 Å². The van der Waals surface area contributed by atoms with E-state index < -0.39 is 0 Å². The summed E-state index contributed by atoms with van der Waals surface area (Å²) >= 11 is 0. The van der Waals surface area contributed by atoms with E-state index in [4.69, 9.17) is 10.4 Å². The highest BCUT2D eigenvalue weighted by atomic mass is 16.3. The third-order valence-corrected chi connectivity index (χ3v) is 1.35. The average Bonchev–Trinajstić information content (AvgIpc) is 2.19. The van der Waals surface area contributed by atoms with Crippen molar-refractivity contribution in [2.75, 3.05) is 0 Å². The van der Waals surface area contributed by atoms with Gasteiger partial charge in [0.15, 0.2) is 0 Å². The third kappa shape index (κ3) is 2.94. The van der Waals surface area contributed by atoms with Crippen LogP contribution in [0.4, 0.5) is 0 Å². The second-order valence-electron chi connectivity index (χ2n) is 2.31. The molecule has 1 aromatic heterocycles. The van der Waals surface area contributed by atoms with Crippen LogP contribution in [0.15, 0.2) is 18.2 Å². The maximum absolute atomic E-state index is 8.77. The first-order valence-corrected chi connectivity index (χ1v) is 3.79. The van der Waals surface area contributed by atoms with Crippen molar-refractivity contribution in [3.63, 3.8) is 0 Å². The SMILES string of the molecule is N#CCC#Cc1cccc(CO)n1. The Balaban J connectivity index is 2.80. The van der Waals surface area contributed by atoms with Crippen molar-refractivity contribution in [3.8, 4) is 17.9 Å². The predicted molar refractivity (Wildman–Crippen MR) is 47.3 cm³/mol. The van der Waals surface area contributed by atoms with E-state index in [1.54, 1.807) is 18.2 Å². The van der Waals surface area contributed by atoms with Crippen molar-refractivity contribution in [1.29, 1.82) is 5.26 Å².